The Morgan fingerprint density at radius 3 is 2.79 bits per heavy atom. The second-order valence-corrected chi connectivity index (χ2v) is 11.3. The van der Waals surface area contributed by atoms with E-state index in [1.165, 1.54) is 50.6 Å². The number of carbonyl (C=O) groups is 1. The van der Waals surface area contributed by atoms with Crippen LogP contribution in [0.5, 0.6) is 5.75 Å². The van der Waals surface area contributed by atoms with Gasteiger partial charge in [0.2, 0.25) is 5.91 Å². The highest BCUT2D eigenvalue weighted by Gasteiger charge is 2.55. The van der Waals surface area contributed by atoms with Gasteiger partial charge in [-0.3, -0.25) is 9.69 Å². The summed E-state index contributed by atoms with van der Waals surface area (Å²) >= 11 is 0. The van der Waals surface area contributed by atoms with E-state index in [0.29, 0.717) is 17.9 Å². The quantitative estimate of drug-likeness (QED) is 0.663. The van der Waals surface area contributed by atoms with E-state index in [4.69, 9.17) is 9.47 Å². The fourth-order valence-corrected chi connectivity index (χ4v) is 6.83. The van der Waals surface area contributed by atoms with Crippen molar-refractivity contribution in [1.82, 2.24) is 15.2 Å². The summed E-state index contributed by atoms with van der Waals surface area (Å²) in [5, 5.41) is 3.33. The number of hydrogen-bond acceptors (Lipinski definition) is 6. The molecule has 0 radical (unpaired) electrons. The van der Waals surface area contributed by atoms with Gasteiger partial charge in [-0.1, -0.05) is 0 Å². The number of anilines is 1. The fourth-order valence-electron chi connectivity index (χ4n) is 6.83. The van der Waals surface area contributed by atoms with Crippen LogP contribution in [-0.4, -0.2) is 73.9 Å². The van der Waals surface area contributed by atoms with E-state index < -0.39 is 0 Å². The van der Waals surface area contributed by atoms with Gasteiger partial charge in [-0.2, -0.15) is 0 Å². The molecule has 1 spiro atoms. The number of piperazine rings is 1. The van der Waals surface area contributed by atoms with Crippen molar-refractivity contribution in [3.63, 3.8) is 0 Å². The van der Waals surface area contributed by atoms with Crippen LogP contribution >= 0.6 is 0 Å². The predicted molar refractivity (Wildman–Crippen MR) is 131 cm³/mol. The first kappa shape index (κ1) is 22.6. The lowest BCUT2D eigenvalue weighted by Crippen LogP contribution is -2.47. The first-order chi connectivity index (χ1) is 16.7. The first-order valence-corrected chi connectivity index (χ1v) is 13.7. The Morgan fingerprint density at radius 1 is 1.15 bits per heavy atom. The van der Waals surface area contributed by atoms with Crippen molar-refractivity contribution in [3.05, 3.63) is 17.8 Å². The van der Waals surface area contributed by atoms with Crippen molar-refractivity contribution in [2.75, 3.05) is 50.8 Å². The summed E-state index contributed by atoms with van der Waals surface area (Å²) in [6, 6.07) is 2.42. The third kappa shape index (κ3) is 4.78. The molecule has 2 saturated carbocycles. The molecule has 0 bridgehead atoms. The average molecular weight is 469 g/mol. The lowest BCUT2D eigenvalue weighted by Gasteiger charge is -2.37. The van der Waals surface area contributed by atoms with Gasteiger partial charge < -0.3 is 19.7 Å². The standard InChI is InChI=1S/C27H40N4O3/c32-25(18-21-2-1-16-33-21)29-24-19-27(24)8-3-20(4-9-27)6-11-30-12-14-31(15-13-30)26-22-7-17-34-23(22)5-10-28-26/h5,10,20-21,24H,1-4,6-9,11-19H2,(H,29,32)/t20?,21-,24?,27?/m0/s1. The summed E-state index contributed by atoms with van der Waals surface area (Å²) in [5.74, 6) is 3.24. The van der Waals surface area contributed by atoms with Gasteiger partial charge in [0.15, 0.2) is 0 Å². The van der Waals surface area contributed by atoms with Crippen LogP contribution in [0.3, 0.4) is 0 Å². The minimum atomic E-state index is 0.158. The molecule has 1 aromatic rings. The van der Waals surface area contributed by atoms with Crippen LogP contribution in [0, 0.1) is 11.3 Å². The molecule has 4 heterocycles. The normalized spacial score (nSPS) is 33.1. The van der Waals surface area contributed by atoms with Crippen molar-refractivity contribution >= 4 is 11.7 Å². The SMILES string of the molecule is O=C(C[C@@H]1CCCO1)NC1CC12CCC(CCN1CCN(c3nccc4c3CCO4)CC1)CC2. The topological polar surface area (TPSA) is 66.9 Å². The van der Waals surface area contributed by atoms with Crippen LogP contribution in [0.15, 0.2) is 12.3 Å². The molecule has 2 atom stereocenters. The zero-order chi connectivity index (χ0) is 23.0. The molecular formula is C27H40N4O3. The number of hydrogen-bond donors (Lipinski definition) is 1. The molecule has 7 nitrogen and oxygen atoms in total. The zero-order valence-corrected chi connectivity index (χ0v) is 20.5. The van der Waals surface area contributed by atoms with Crippen LogP contribution in [0.25, 0.3) is 0 Å². The van der Waals surface area contributed by atoms with E-state index in [1.54, 1.807) is 0 Å². The number of nitrogens with zero attached hydrogens (tertiary/aromatic N) is 3. The summed E-state index contributed by atoms with van der Waals surface area (Å²) in [5.41, 5.74) is 1.72. The molecule has 1 N–H and O–H groups in total. The van der Waals surface area contributed by atoms with Crippen molar-refractivity contribution in [2.24, 2.45) is 11.3 Å². The lowest BCUT2D eigenvalue weighted by molar-refractivity contribution is -0.123. The molecule has 5 aliphatic rings. The van der Waals surface area contributed by atoms with Crippen molar-refractivity contribution in [1.29, 1.82) is 0 Å². The third-order valence-corrected chi connectivity index (χ3v) is 9.19. The van der Waals surface area contributed by atoms with Gasteiger partial charge in [0.25, 0.3) is 0 Å². The number of pyridine rings is 1. The van der Waals surface area contributed by atoms with Crippen LogP contribution in [-0.2, 0) is 16.0 Å². The van der Waals surface area contributed by atoms with Crippen molar-refractivity contribution < 1.29 is 14.3 Å². The van der Waals surface area contributed by atoms with E-state index in [1.807, 2.05) is 12.3 Å². The largest absolute Gasteiger partial charge is 0.493 e. The van der Waals surface area contributed by atoms with Gasteiger partial charge in [0, 0.05) is 57.0 Å². The second kappa shape index (κ2) is 9.65. The molecule has 0 aromatic carbocycles. The number of ether oxygens (including phenoxy) is 2. The summed E-state index contributed by atoms with van der Waals surface area (Å²) in [6.45, 7) is 7.21. The van der Waals surface area contributed by atoms with Crippen molar-refractivity contribution in [2.45, 2.75) is 76.4 Å². The van der Waals surface area contributed by atoms with Crippen LogP contribution in [0.1, 0.15) is 63.4 Å². The lowest BCUT2D eigenvalue weighted by atomic mass is 9.78. The number of nitrogens with one attached hydrogen (secondary N) is 1. The van der Waals surface area contributed by atoms with Gasteiger partial charge in [-0.05, 0) is 75.3 Å². The van der Waals surface area contributed by atoms with Gasteiger partial charge in [-0.25, -0.2) is 4.98 Å². The number of amides is 1. The van der Waals surface area contributed by atoms with Gasteiger partial charge >= 0.3 is 0 Å². The molecule has 4 fully saturated rings. The molecule has 2 aliphatic carbocycles. The predicted octanol–water partition coefficient (Wildman–Crippen LogP) is 3.16. The van der Waals surface area contributed by atoms with Gasteiger partial charge in [0.1, 0.15) is 11.6 Å². The summed E-state index contributed by atoms with van der Waals surface area (Å²) in [4.78, 5) is 22.2. The van der Waals surface area contributed by atoms with E-state index in [0.717, 1.165) is 76.1 Å². The number of fused-ring (bicyclic) bond motifs is 1. The highest BCUT2D eigenvalue weighted by Crippen LogP contribution is 2.57. The molecule has 1 unspecified atom stereocenters. The zero-order valence-electron chi connectivity index (χ0n) is 20.5. The maximum Gasteiger partial charge on any atom is 0.222 e. The molecule has 186 valence electrons. The summed E-state index contributed by atoms with van der Waals surface area (Å²) in [6.07, 6.45) is 13.5. The Hall–Kier alpha value is -1.86. The van der Waals surface area contributed by atoms with E-state index in [-0.39, 0.29) is 12.0 Å². The molecule has 6 rings (SSSR count). The number of carbonyl (C=O) groups excluding carboxylic acids is 1. The number of rotatable bonds is 7. The molecule has 7 heteroatoms. The molecule has 1 amide bonds. The Morgan fingerprint density at radius 2 is 2.00 bits per heavy atom. The smallest absolute Gasteiger partial charge is 0.222 e. The maximum absolute atomic E-state index is 12.4. The van der Waals surface area contributed by atoms with Gasteiger partial charge in [-0.15, -0.1) is 0 Å². The van der Waals surface area contributed by atoms with E-state index in [2.05, 4.69) is 20.1 Å². The monoisotopic (exact) mass is 468 g/mol. The highest BCUT2D eigenvalue weighted by molar-refractivity contribution is 5.77. The Balaban J connectivity index is 0.896. The second-order valence-electron chi connectivity index (χ2n) is 11.3. The summed E-state index contributed by atoms with van der Waals surface area (Å²) < 4.78 is 11.3. The molecular weight excluding hydrogens is 428 g/mol. The van der Waals surface area contributed by atoms with E-state index in [9.17, 15) is 4.79 Å². The van der Waals surface area contributed by atoms with Gasteiger partial charge in [0.05, 0.1) is 19.1 Å². The maximum atomic E-state index is 12.4. The minimum absolute atomic E-state index is 0.158. The van der Waals surface area contributed by atoms with Crippen LogP contribution in [0.4, 0.5) is 5.82 Å². The van der Waals surface area contributed by atoms with Crippen molar-refractivity contribution in [3.8, 4) is 5.75 Å². The average Bonchev–Trinajstić information content (AvgIpc) is 3.23. The molecule has 1 aromatic heterocycles. The summed E-state index contributed by atoms with van der Waals surface area (Å²) in [7, 11) is 0. The minimum Gasteiger partial charge on any atom is -0.493 e. The molecule has 2 saturated heterocycles. The Labute approximate surface area is 203 Å². The fraction of sp³-hybridized carbons (Fsp3) is 0.778. The Bertz CT molecular complexity index is 871. The molecule has 34 heavy (non-hydrogen) atoms. The van der Waals surface area contributed by atoms with Crippen LogP contribution < -0.4 is 15.0 Å². The van der Waals surface area contributed by atoms with Crippen LogP contribution in [0.2, 0.25) is 0 Å². The first-order valence-electron chi connectivity index (χ1n) is 13.7. The highest BCUT2D eigenvalue weighted by atomic mass is 16.5. The van der Waals surface area contributed by atoms with E-state index >= 15 is 0 Å². The molecule has 3 aliphatic heterocycles. The Kier molecular flexibility index (Phi) is 6.41. The number of aromatic nitrogens is 1. The third-order valence-electron chi connectivity index (χ3n) is 9.19.